The predicted octanol–water partition coefficient (Wildman–Crippen LogP) is 0.940. The topological polar surface area (TPSA) is 97.0 Å². The molecule has 1 aromatic rings. The molecule has 0 aliphatic carbocycles. The number of nitrogens with one attached hydrogen (secondary N) is 2. The number of hydrogen-bond donors (Lipinski definition) is 2. The maximum absolute atomic E-state index is 12.1. The number of fused-ring (bicyclic) bond motifs is 1. The number of carbonyl (C=O) groups is 1. The molecule has 1 aromatic carbocycles. The van der Waals surface area contributed by atoms with Gasteiger partial charge < -0.3 is 20.1 Å². The number of urea groups is 1. The fourth-order valence-corrected chi connectivity index (χ4v) is 4.20. The summed E-state index contributed by atoms with van der Waals surface area (Å²) in [4.78, 5) is 12.1. The number of amides is 2. The van der Waals surface area contributed by atoms with Crippen molar-refractivity contribution in [1.82, 2.24) is 14.9 Å². The van der Waals surface area contributed by atoms with E-state index < -0.39 is 10.0 Å². The molecule has 1 atom stereocenters. The minimum absolute atomic E-state index is 0.0254. The van der Waals surface area contributed by atoms with Gasteiger partial charge in [0, 0.05) is 19.1 Å². The summed E-state index contributed by atoms with van der Waals surface area (Å²) in [6, 6.07) is 7.13. The molecule has 2 aliphatic rings. The number of ether oxygens (including phenoxy) is 2. The van der Waals surface area contributed by atoms with E-state index in [1.54, 1.807) is 6.92 Å². The lowest BCUT2D eigenvalue weighted by Crippen LogP contribution is -2.51. The molecule has 2 heterocycles. The third-order valence-corrected chi connectivity index (χ3v) is 6.49. The summed E-state index contributed by atoms with van der Waals surface area (Å²) in [6.45, 7) is 3.24. The van der Waals surface area contributed by atoms with E-state index in [2.05, 4.69) is 10.6 Å². The van der Waals surface area contributed by atoms with E-state index in [9.17, 15) is 13.2 Å². The molecule has 0 saturated carbocycles. The Hall–Kier alpha value is -2.00. The van der Waals surface area contributed by atoms with E-state index in [0.717, 1.165) is 0 Å². The Morgan fingerprint density at radius 3 is 2.62 bits per heavy atom. The molecule has 2 aliphatic heterocycles. The second-order valence-corrected chi connectivity index (χ2v) is 8.68. The average Bonchev–Trinajstić information content (AvgIpc) is 2.66. The first kappa shape index (κ1) is 18.8. The van der Waals surface area contributed by atoms with Gasteiger partial charge in [0.2, 0.25) is 10.0 Å². The van der Waals surface area contributed by atoms with E-state index in [0.29, 0.717) is 50.6 Å². The summed E-state index contributed by atoms with van der Waals surface area (Å²) in [6.07, 6.45) is 0.985. The van der Waals surface area contributed by atoms with Crippen molar-refractivity contribution in [2.24, 2.45) is 0 Å². The normalized spacial score (nSPS) is 21.2. The first-order chi connectivity index (χ1) is 12.5. The minimum Gasteiger partial charge on any atom is -0.486 e. The van der Waals surface area contributed by atoms with Crippen molar-refractivity contribution in [3.63, 3.8) is 0 Å². The van der Waals surface area contributed by atoms with Crippen LogP contribution in [0.5, 0.6) is 11.5 Å². The fraction of sp³-hybridized carbons (Fsp3) is 0.588. The second kappa shape index (κ2) is 8.13. The summed E-state index contributed by atoms with van der Waals surface area (Å²) in [5.41, 5.74) is 0. The van der Waals surface area contributed by atoms with Crippen LogP contribution in [0.4, 0.5) is 4.79 Å². The lowest BCUT2D eigenvalue weighted by atomic mass is 10.1. The van der Waals surface area contributed by atoms with Crippen molar-refractivity contribution < 1.29 is 22.7 Å². The largest absolute Gasteiger partial charge is 0.486 e. The van der Waals surface area contributed by atoms with Gasteiger partial charge >= 0.3 is 6.03 Å². The van der Waals surface area contributed by atoms with Crippen LogP contribution in [-0.2, 0) is 10.0 Å². The maximum Gasteiger partial charge on any atom is 0.315 e. The summed E-state index contributed by atoms with van der Waals surface area (Å²) >= 11 is 0. The summed E-state index contributed by atoms with van der Waals surface area (Å²) in [5, 5.41) is 5.70. The summed E-state index contributed by atoms with van der Waals surface area (Å²) in [5.74, 6) is 1.50. The first-order valence-corrected chi connectivity index (χ1v) is 10.5. The molecule has 3 rings (SSSR count). The van der Waals surface area contributed by atoms with Crippen LogP contribution in [0.1, 0.15) is 19.8 Å². The molecule has 9 heteroatoms. The van der Waals surface area contributed by atoms with Crippen LogP contribution in [0.3, 0.4) is 0 Å². The van der Waals surface area contributed by atoms with Crippen molar-refractivity contribution in [3.05, 3.63) is 24.3 Å². The second-order valence-electron chi connectivity index (χ2n) is 6.43. The van der Waals surface area contributed by atoms with Crippen molar-refractivity contribution in [2.45, 2.75) is 31.9 Å². The summed E-state index contributed by atoms with van der Waals surface area (Å²) in [7, 11) is -3.15. The highest BCUT2D eigenvalue weighted by Crippen LogP contribution is 2.30. The maximum atomic E-state index is 12.1. The molecule has 26 heavy (non-hydrogen) atoms. The lowest BCUT2D eigenvalue weighted by Gasteiger charge is -2.31. The van der Waals surface area contributed by atoms with Crippen molar-refractivity contribution in [3.8, 4) is 11.5 Å². The van der Waals surface area contributed by atoms with E-state index >= 15 is 0 Å². The Morgan fingerprint density at radius 1 is 1.23 bits per heavy atom. The highest BCUT2D eigenvalue weighted by Gasteiger charge is 2.27. The molecular formula is C17H25N3O5S. The van der Waals surface area contributed by atoms with Gasteiger partial charge in [0.15, 0.2) is 17.6 Å². The summed E-state index contributed by atoms with van der Waals surface area (Å²) < 4.78 is 36.6. The van der Waals surface area contributed by atoms with Crippen LogP contribution >= 0.6 is 0 Å². The zero-order valence-electron chi connectivity index (χ0n) is 14.8. The lowest BCUT2D eigenvalue weighted by molar-refractivity contribution is 0.0916. The van der Waals surface area contributed by atoms with Crippen LogP contribution < -0.4 is 20.1 Å². The van der Waals surface area contributed by atoms with E-state index in [1.165, 1.54) is 4.31 Å². The standard InChI is InChI=1S/C17H25N3O5S/c1-2-26(22,23)20-9-7-13(8-10-20)19-17(21)18-11-14-12-24-15-5-3-4-6-16(15)25-14/h3-6,13-14H,2,7-12H2,1H3,(H2,18,19,21)/t14-/m0/s1. The van der Waals surface area contributed by atoms with Crippen LogP contribution in [0.15, 0.2) is 24.3 Å². The number of rotatable bonds is 5. The molecule has 1 saturated heterocycles. The van der Waals surface area contributed by atoms with Crippen LogP contribution in [-0.4, -0.2) is 62.9 Å². The number of benzene rings is 1. The van der Waals surface area contributed by atoms with Gasteiger partial charge in [0.1, 0.15) is 6.61 Å². The van der Waals surface area contributed by atoms with Gasteiger partial charge in [-0.15, -0.1) is 0 Å². The molecule has 2 amide bonds. The molecule has 0 bridgehead atoms. The SMILES string of the molecule is CCS(=O)(=O)N1CCC(NC(=O)NC[C@H]2COc3ccccc3O2)CC1. The molecule has 1 fully saturated rings. The number of nitrogens with zero attached hydrogens (tertiary/aromatic N) is 1. The fourth-order valence-electron chi connectivity index (χ4n) is 3.07. The number of hydrogen-bond acceptors (Lipinski definition) is 5. The quantitative estimate of drug-likeness (QED) is 0.789. The van der Waals surface area contributed by atoms with Gasteiger partial charge in [0.25, 0.3) is 0 Å². The molecule has 8 nitrogen and oxygen atoms in total. The Kier molecular flexibility index (Phi) is 5.87. The van der Waals surface area contributed by atoms with Gasteiger partial charge in [-0.1, -0.05) is 12.1 Å². The molecule has 0 spiro atoms. The Bertz CT molecular complexity index is 732. The van der Waals surface area contributed by atoms with E-state index in [-0.39, 0.29) is 23.9 Å². The van der Waals surface area contributed by atoms with Crippen molar-refractivity contribution in [1.29, 1.82) is 0 Å². The predicted molar refractivity (Wildman–Crippen MR) is 96.9 cm³/mol. The van der Waals surface area contributed by atoms with Crippen LogP contribution in [0.2, 0.25) is 0 Å². The van der Waals surface area contributed by atoms with Gasteiger partial charge in [-0.3, -0.25) is 0 Å². The first-order valence-electron chi connectivity index (χ1n) is 8.88. The molecular weight excluding hydrogens is 358 g/mol. The minimum atomic E-state index is -3.15. The van der Waals surface area contributed by atoms with Gasteiger partial charge in [-0.05, 0) is 31.9 Å². The zero-order valence-corrected chi connectivity index (χ0v) is 15.6. The Morgan fingerprint density at radius 2 is 1.92 bits per heavy atom. The monoisotopic (exact) mass is 383 g/mol. The number of piperidine rings is 1. The van der Waals surface area contributed by atoms with Crippen LogP contribution in [0, 0.1) is 0 Å². The molecule has 144 valence electrons. The molecule has 0 radical (unpaired) electrons. The number of carbonyl (C=O) groups excluding carboxylic acids is 1. The third kappa shape index (κ3) is 4.59. The molecule has 0 aromatic heterocycles. The highest BCUT2D eigenvalue weighted by molar-refractivity contribution is 7.89. The molecule has 0 unspecified atom stereocenters. The number of sulfonamides is 1. The highest BCUT2D eigenvalue weighted by atomic mass is 32.2. The average molecular weight is 383 g/mol. The third-order valence-electron chi connectivity index (χ3n) is 4.61. The van der Waals surface area contributed by atoms with Gasteiger partial charge in [0.05, 0.1) is 12.3 Å². The molecule has 2 N–H and O–H groups in total. The van der Waals surface area contributed by atoms with Gasteiger partial charge in [-0.2, -0.15) is 0 Å². The zero-order chi connectivity index (χ0) is 18.6. The van der Waals surface area contributed by atoms with E-state index in [1.807, 2.05) is 24.3 Å². The van der Waals surface area contributed by atoms with Crippen LogP contribution in [0.25, 0.3) is 0 Å². The Labute approximate surface area is 153 Å². The number of para-hydroxylation sites is 2. The van der Waals surface area contributed by atoms with Gasteiger partial charge in [-0.25, -0.2) is 17.5 Å². The van der Waals surface area contributed by atoms with Crippen molar-refractivity contribution in [2.75, 3.05) is 32.0 Å². The van der Waals surface area contributed by atoms with Crippen molar-refractivity contribution >= 4 is 16.1 Å². The van der Waals surface area contributed by atoms with E-state index in [4.69, 9.17) is 9.47 Å². The smallest absolute Gasteiger partial charge is 0.315 e. The Balaban J connectivity index is 1.39.